The van der Waals surface area contributed by atoms with Crippen LogP contribution in [0.2, 0.25) is 0 Å². The molecule has 2 N–H and O–H groups in total. The Balaban J connectivity index is 2.16. The number of nitrogens with one attached hydrogen (secondary N) is 2. The van der Waals surface area contributed by atoms with Crippen molar-refractivity contribution >= 4 is 10.0 Å². The molecule has 21 heavy (non-hydrogen) atoms. The van der Waals surface area contributed by atoms with Crippen LogP contribution in [0.25, 0.3) is 0 Å². The Morgan fingerprint density at radius 1 is 1.29 bits per heavy atom. The van der Waals surface area contributed by atoms with Crippen LogP contribution in [0.4, 0.5) is 4.39 Å². The molecule has 2 rings (SSSR count). The largest absolute Gasteiger partial charge is 0.310 e. The molecular formula is C15H23FN2O2S. The molecule has 1 aromatic rings. The van der Waals surface area contributed by atoms with Crippen molar-refractivity contribution < 1.29 is 12.8 Å². The van der Waals surface area contributed by atoms with Crippen molar-refractivity contribution in [2.24, 2.45) is 5.92 Å². The van der Waals surface area contributed by atoms with Crippen molar-refractivity contribution in [2.75, 3.05) is 0 Å². The van der Waals surface area contributed by atoms with E-state index < -0.39 is 15.8 Å². The summed E-state index contributed by atoms with van der Waals surface area (Å²) in [7, 11) is -3.59. The number of benzene rings is 1. The fraction of sp³-hybridized carbons (Fsp3) is 0.600. The highest BCUT2D eigenvalue weighted by molar-refractivity contribution is 7.89. The van der Waals surface area contributed by atoms with E-state index in [1.807, 2.05) is 20.8 Å². The van der Waals surface area contributed by atoms with Gasteiger partial charge in [-0.25, -0.2) is 17.5 Å². The van der Waals surface area contributed by atoms with E-state index in [1.54, 1.807) is 0 Å². The predicted molar refractivity (Wildman–Crippen MR) is 80.9 cm³/mol. The summed E-state index contributed by atoms with van der Waals surface area (Å²) in [6.45, 7) is 6.10. The van der Waals surface area contributed by atoms with E-state index in [0.29, 0.717) is 18.0 Å². The molecule has 4 nitrogen and oxygen atoms in total. The number of hydrogen-bond acceptors (Lipinski definition) is 3. The summed E-state index contributed by atoms with van der Waals surface area (Å²) in [6.07, 6.45) is 2.13. The lowest BCUT2D eigenvalue weighted by Crippen LogP contribution is -2.34. The lowest BCUT2D eigenvalue weighted by Gasteiger charge is -2.15. The van der Waals surface area contributed by atoms with E-state index >= 15 is 0 Å². The van der Waals surface area contributed by atoms with Gasteiger partial charge in [-0.1, -0.05) is 13.8 Å². The standard InChI is InChI=1S/C15H23FN2O2S/c1-10(2)17-9-13-8-14(6-7-15(13)16)21(19,20)18-11(3)12-4-5-12/h6-8,10-12,17-18H,4-5,9H2,1-3H3. The summed E-state index contributed by atoms with van der Waals surface area (Å²) >= 11 is 0. The topological polar surface area (TPSA) is 58.2 Å². The maximum atomic E-state index is 13.8. The van der Waals surface area contributed by atoms with Gasteiger partial charge in [0, 0.05) is 24.2 Å². The third-order valence-electron chi connectivity index (χ3n) is 3.70. The van der Waals surface area contributed by atoms with Crippen molar-refractivity contribution in [1.29, 1.82) is 0 Å². The van der Waals surface area contributed by atoms with Crippen molar-refractivity contribution in [1.82, 2.24) is 10.0 Å². The van der Waals surface area contributed by atoms with Crippen molar-refractivity contribution in [3.8, 4) is 0 Å². The van der Waals surface area contributed by atoms with E-state index in [4.69, 9.17) is 0 Å². The number of halogens is 1. The molecule has 0 amide bonds. The number of hydrogen-bond donors (Lipinski definition) is 2. The van der Waals surface area contributed by atoms with Gasteiger partial charge in [-0.2, -0.15) is 0 Å². The Hall–Kier alpha value is -0.980. The fourth-order valence-electron chi connectivity index (χ4n) is 2.17. The molecule has 6 heteroatoms. The van der Waals surface area contributed by atoms with Gasteiger partial charge < -0.3 is 5.32 Å². The average molecular weight is 314 g/mol. The minimum atomic E-state index is -3.59. The summed E-state index contributed by atoms with van der Waals surface area (Å²) in [4.78, 5) is 0.122. The zero-order chi connectivity index (χ0) is 15.6. The molecule has 1 aliphatic carbocycles. The first-order valence-corrected chi connectivity index (χ1v) is 8.82. The summed E-state index contributed by atoms with van der Waals surface area (Å²) < 4.78 is 41.1. The predicted octanol–water partition coefficient (Wildman–Crippen LogP) is 2.40. The van der Waals surface area contributed by atoms with Gasteiger partial charge in [0.25, 0.3) is 0 Å². The highest BCUT2D eigenvalue weighted by Gasteiger charge is 2.31. The monoisotopic (exact) mass is 314 g/mol. The van der Waals surface area contributed by atoms with Gasteiger partial charge in [-0.05, 0) is 43.9 Å². The van der Waals surface area contributed by atoms with Gasteiger partial charge in [-0.15, -0.1) is 0 Å². The van der Waals surface area contributed by atoms with Crippen LogP contribution < -0.4 is 10.0 Å². The summed E-state index contributed by atoms with van der Waals surface area (Å²) in [5.74, 6) is 0.0413. The van der Waals surface area contributed by atoms with Crippen LogP contribution in [-0.2, 0) is 16.6 Å². The molecule has 0 aromatic heterocycles. The molecule has 0 spiro atoms. The van der Waals surface area contributed by atoms with Crippen molar-refractivity contribution in [3.63, 3.8) is 0 Å². The van der Waals surface area contributed by atoms with E-state index in [9.17, 15) is 12.8 Å². The van der Waals surface area contributed by atoms with Crippen LogP contribution in [-0.4, -0.2) is 20.5 Å². The Kier molecular flexibility index (Phi) is 5.01. The van der Waals surface area contributed by atoms with Gasteiger partial charge in [0.05, 0.1) is 4.90 Å². The average Bonchev–Trinajstić information content (AvgIpc) is 3.21. The molecule has 1 atom stereocenters. The lowest BCUT2D eigenvalue weighted by molar-refractivity contribution is 0.535. The lowest BCUT2D eigenvalue weighted by atomic mass is 10.2. The molecular weight excluding hydrogens is 291 g/mol. The van der Waals surface area contributed by atoms with Gasteiger partial charge in [0.15, 0.2) is 0 Å². The molecule has 1 fully saturated rings. The Morgan fingerprint density at radius 3 is 2.52 bits per heavy atom. The molecule has 0 heterocycles. The second-order valence-corrected chi connectivity index (χ2v) is 7.75. The SMILES string of the molecule is CC(C)NCc1cc(S(=O)(=O)NC(C)C2CC2)ccc1F. The quantitative estimate of drug-likeness (QED) is 0.812. The molecule has 0 aliphatic heterocycles. The van der Waals surface area contributed by atoms with Gasteiger partial charge in [0.1, 0.15) is 5.82 Å². The molecule has 118 valence electrons. The minimum Gasteiger partial charge on any atom is -0.310 e. The van der Waals surface area contributed by atoms with Gasteiger partial charge in [-0.3, -0.25) is 0 Å². The van der Waals surface area contributed by atoms with E-state index in [1.165, 1.54) is 18.2 Å². The highest BCUT2D eigenvalue weighted by atomic mass is 32.2. The van der Waals surface area contributed by atoms with Crippen LogP contribution in [0.5, 0.6) is 0 Å². The van der Waals surface area contributed by atoms with Gasteiger partial charge >= 0.3 is 0 Å². The van der Waals surface area contributed by atoms with E-state index in [-0.39, 0.29) is 17.0 Å². The maximum Gasteiger partial charge on any atom is 0.240 e. The Labute approximate surface area is 126 Å². The summed E-state index contributed by atoms with van der Waals surface area (Å²) in [5, 5.41) is 3.10. The Morgan fingerprint density at radius 2 is 1.95 bits per heavy atom. The molecule has 1 unspecified atom stereocenters. The Bertz CT molecular complexity index is 598. The van der Waals surface area contributed by atoms with Crippen molar-refractivity contribution in [3.05, 3.63) is 29.6 Å². The van der Waals surface area contributed by atoms with E-state index in [0.717, 1.165) is 12.8 Å². The molecule has 0 radical (unpaired) electrons. The molecule has 0 saturated heterocycles. The zero-order valence-corrected chi connectivity index (χ0v) is 13.5. The molecule has 0 bridgehead atoms. The summed E-state index contributed by atoms with van der Waals surface area (Å²) in [6, 6.07) is 4.08. The normalized spacial score (nSPS) is 17.2. The minimum absolute atomic E-state index is 0.0720. The third kappa shape index (κ3) is 4.49. The number of sulfonamides is 1. The van der Waals surface area contributed by atoms with Crippen LogP contribution >= 0.6 is 0 Å². The first kappa shape index (κ1) is 16.4. The second kappa shape index (κ2) is 6.42. The molecule has 1 aromatic carbocycles. The maximum absolute atomic E-state index is 13.8. The van der Waals surface area contributed by atoms with Crippen LogP contribution in [0.15, 0.2) is 23.1 Å². The zero-order valence-electron chi connectivity index (χ0n) is 12.7. The molecule has 1 saturated carbocycles. The van der Waals surface area contributed by atoms with Crippen LogP contribution in [0, 0.1) is 11.7 Å². The number of rotatable bonds is 7. The van der Waals surface area contributed by atoms with Crippen molar-refractivity contribution in [2.45, 2.75) is 57.1 Å². The highest BCUT2D eigenvalue weighted by Crippen LogP contribution is 2.33. The van der Waals surface area contributed by atoms with Crippen LogP contribution in [0.3, 0.4) is 0 Å². The third-order valence-corrected chi connectivity index (χ3v) is 5.26. The second-order valence-electron chi connectivity index (χ2n) is 6.04. The first-order valence-electron chi connectivity index (χ1n) is 7.33. The first-order chi connectivity index (χ1) is 9.79. The van der Waals surface area contributed by atoms with Crippen LogP contribution in [0.1, 0.15) is 39.2 Å². The smallest absolute Gasteiger partial charge is 0.240 e. The van der Waals surface area contributed by atoms with E-state index in [2.05, 4.69) is 10.0 Å². The summed E-state index contributed by atoms with van der Waals surface area (Å²) in [5.41, 5.74) is 0.366. The fourth-order valence-corrected chi connectivity index (χ4v) is 3.54. The van der Waals surface area contributed by atoms with Gasteiger partial charge in [0.2, 0.25) is 10.0 Å². The molecule has 1 aliphatic rings.